The number of esters is 1. The van der Waals surface area contributed by atoms with Gasteiger partial charge in [0.1, 0.15) is 6.10 Å². The Kier molecular flexibility index (Phi) is 45.1. The van der Waals surface area contributed by atoms with Gasteiger partial charge in [-0.15, -0.1) is 0 Å². The molecule has 0 aromatic rings. The second-order valence-corrected chi connectivity index (χ2v) is 15.5. The quantitative estimate of drug-likeness (QED) is 0.0384. The zero-order chi connectivity index (χ0) is 38.4. The van der Waals surface area contributed by atoms with Gasteiger partial charge in [0.05, 0.1) is 13.2 Å². The first kappa shape index (κ1) is 51.4. The van der Waals surface area contributed by atoms with E-state index in [0.717, 1.165) is 44.9 Å². The van der Waals surface area contributed by atoms with E-state index in [2.05, 4.69) is 62.5 Å². The van der Waals surface area contributed by atoms with Gasteiger partial charge >= 0.3 is 5.97 Å². The Morgan fingerprint density at radius 3 is 1.21 bits per heavy atom. The Balaban J connectivity index is 3.40. The number of allylic oxidation sites excluding steroid dienone is 8. The van der Waals surface area contributed by atoms with E-state index in [1.54, 1.807) is 0 Å². The Bertz CT molecular complexity index is 828. The Morgan fingerprint density at radius 2 is 0.792 bits per heavy atom. The predicted molar refractivity (Wildman–Crippen MR) is 233 cm³/mol. The van der Waals surface area contributed by atoms with E-state index in [-0.39, 0.29) is 12.6 Å². The van der Waals surface area contributed by atoms with Crippen LogP contribution in [0.15, 0.2) is 48.6 Å². The topological polar surface area (TPSA) is 55.8 Å². The van der Waals surface area contributed by atoms with E-state index in [0.29, 0.717) is 19.6 Å². The largest absolute Gasteiger partial charge is 0.457 e. The first-order valence-corrected chi connectivity index (χ1v) is 23.2. The van der Waals surface area contributed by atoms with Crippen molar-refractivity contribution >= 4 is 5.97 Å². The molecule has 0 heterocycles. The van der Waals surface area contributed by atoms with Crippen molar-refractivity contribution in [1.82, 2.24) is 0 Å². The third-order valence-electron chi connectivity index (χ3n) is 10.1. The fourth-order valence-corrected chi connectivity index (χ4v) is 6.62. The van der Waals surface area contributed by atoms with Gasteiger partial charge in [-0.1, -0.05) is 197 Å². The highest BCUT2D eigenvalue weighted by atomic mass is 16.6. The number of carbonyl (C=O) groups is 1. The number of hydrogen-bond acceptors (Lipinski definition) is 4. The molecule has 0 saturated carbocycles. The number of ether oxygens (including phenoxy) is 2. The van der Waals surface area contributed by atoms with E-state index in [9.17, 15) is 9.90 Å². The third-order valence-corrected chi connectivity index (χ3v) is 10.1. The molecule has 0 amide bonds. The molecule has 0 radical (unpaired) electrons. The van der Waals surface area contributed by atoms with E-state index in [4.69, 9.17) is 9.47 Å². The second kappa shape index (κ2) is 46.5. The molecule has 0 rings (SSSR count). The molecule has 0 aliphatic carbocycles. The average Bonchev–Trinajstić information content (AvgIpc) is 3.16. The van der Waals surface area contributed by atoms with Crippen molar-refractivity contribution in [3.63, 3.8) is 0 Å². The number of aliphatic hydroxyl groups is 1. The molecule has 1 unspecified atom stereocenters. The molecule has 0 fully saturated rings. The van der Waals surface area contributed by atoms with Crippen molar-refractivity contribution < 1.29 is 19.4 Å². The number of carbonyl (C=O) groups excluding carboxylic acids is 1. The second-order valence-electron chi connectivity index (χ2n) is 15.5. The van der Waals surface area contributed by atoms with E-state index >= 15 is 0 Å². The maximum atomic E-state index is 12.2. The lowest BCUT2D eigenvalue weighted by Gasteiger charge is -2.15. The summed E-state index contributed by atoms with van der Waals surface area (Å²) in [4.78, 5) is 12.2. The van der Waals surface area contributed by atoms with Gasteiger partial charge in [-0.3, -0.25) is 4.79 Å². The van der Waals surface area contributed by atoms with Gasteiger partial charge in [0.25, 0.3) is 0 Å². The lowest BCUT2D eigenvalue weighted by molar-refractivity contribution is -0.154. The molecule has 4 heteroatoms. The Hall–Kier alpha value is -1.65. The standard InChI is InChI=1S/C49H90O4/c1-3-5-7-9-11-13-15-17-19-20-21-22-23-24-25-26-27-28-29-31-33-35-37-39-41-43-45-52-47-48(46-50)53-49(51)44-42-40-38-36-34-32-30-18-16-14-12-10-8-6-4-2/h12,14-15,17-18,20-21,30,48,50H,3-11,13,16,19,22-29,31-47H2,1-2H3/b14-12-,17-15-,21-20-,30-18-. The highest BCUT2D eigenvalue weighted by Crippen LogP contribution is 2.14. The van der Waals surface area contributed by atoms with Crippen molar-refractivity contribution in [1.29, 1.82) is 0 Å². The Morgan fingerprint density at radius 1 is 0.453 bits per heavy atom. The van der Waals surface area contributed by atoms with Gasteiger partial charge in [0, 0.05) is 13.0 Å². The summed E-state index contributed by atoms with van der Waals surface area (Å²) in [6, 6.07) is 0. The van der Waals surface area contributed by atoms with Crippen LogP contribution in [0.25, 0.3) is 0 Å². The molecule has 0 aromatic carbocycles. The summed E-state index contributed by atoms with van der Waals surface area (Å²) < 4.78 is 11.2. The smallest absolute Gasteiger partial charge is 0.306 e. The molecule has 1 N–H and O–H groups in total. The molecule has 0 spiro atoms. The van der Waals surface area contributed by atoms with Crippen LogP contribution in [0.4, 0.5) is 0 Å². The van der Waals surface area contributed by atoms with Crippen LogP contribution < -0.4 is 0 Å². The summed E-state index contributed by atoms with van der Waals surface area (Å²) in [6.45, 7) is 5.31. The first-order valence-electron chi connectivity index (χ1n) is 23.2. The minimum absolute atomic E-state index is 0.177. The summed E-state index contributed by atoms with van der Waals surface area (Å²) >= 11 is 0. The zero-order valence-corrected chi connectivity index (χ0v) is 35.5. The van der Waals surface area contributed by atoms with Crippen molar-refractivity contribution in [3.8, 4) is 0 Å². The highest BCUT2D eigenvalue weighted by molar-refractivity contribution is 5.69. The fourth-order valence-electron chi connectivity index (χ4n) is 6.62. The monoisotopic (exact) mass is 743 g/mol. The molecule has 0 aliphatic heterocycles. The molecule has 0 aromatic heterocycles. The van der Waals surface area contributed by atoms with Crippen LogP contribution in [-0.4, -0.2) is 37.0 Å². The van der Waals surface area contributed by atoms with Gasteiger partial charge in [0.2, 0.25) is 0 Å². The van der Waals surface area contributed by atoms with Crippen LogP contribution in [-0.2, 0) is 14.3 Å². The van der Waals surface area contributed by atoms with Crippen molar-refractivity contribution in [3.05, 3.63) is 48.6 Å². The van der Waals surface area contributed by atoms with E-state index < -0.39 is 6.10 Å². The summed E-state index contributed by atoms with van der Waals surface area (Å²) in [5.74, 6) is -0.213. The molecular formula is C49H90O4. The summed E-state index contributed by atoms with van der Waals surface area (Å²) in [6.07, 6.45) is 60.4. The molecule has 4 nitrogen and oxygen atoms in total. The van der Waals surface area contributed by atoms with Crippen LogP contribution in [0.1, 0.15) is 232 Å². The molecule has 0 bridgehead atoms. The predicted octanol–water partition coefficient (Wildman–Crippen LogP) is 15.4. The number of unbranched alkanes of at least 4 members (excludes halogenated alkanes) is 27. The molecule has 0 aliphatic rings. The van der Waals surface area contributed by atoms with Gasteiger partial charge in [-0.2, -0.15) is 0 Å². The van der Waals surface area contributed by atoms with Crippen molar-refractivity contribution in [2.75, 3.05) is 19.8 Å². The lowest BCUT2D eigenvalue weighted by atomic mass is 10.0. The SMILES string of the molecule is CCCCC/C=C\C/C=C\CCCCCCCC(=O)OC(CO)COCCCCCCCCCCCCCCCC/C=C\C/C=C\CCCCCCC. The number of rotatable bonds is 43. The van der Waals surface area contributed by atoms with Crippen LogP contribution in [0.2, 0.25) is 0 Å². The van der Waals surface area contributed by atoms with Gasteiger partial charge in [-0.05, 0) is 77.0 Å². The lowest BCUT2D eigenvalue weighted by Crippen LogP contribution is -2.27. The van der Waals surface area contributed by atoms with Gasteiger partial charge < -0.3 is 14.6 Å². The maximum Gasteiger partial charge on any atom is 0.306 e. The minimum Gasteiger partial charge on any atom is -0.457 e. The number of hydrogen-bond donors (Lipinski definition) is 1. The molecular weight excluding hydrogens is 653 g/mol. The van der Waals surface area contributed by atoms with Crippen LogP contribution in [0.3, 0.4) is 0 Å². The minimum atomic E-state index is -0.542. The molecule has 1 atom stereocenters. The molecule has 0 saturated heterocycles. The van der Waals surface area contributed by atoms with Crippen LogP contribution in [0, 0.1) is 0 Å². The molecule has 310 valence electrons. The van der Waals surface area contributed by atoms with Gasteiger partial charge in [0.15, 0.2) is 0 Å². The van der Waals surface area contributed by atoms with Crippen LogP contribution in [0.5, 0.6) is 0 Å². The molecule has 53 heavy (non-hydrogen) atoms. The van der Waals surface area contributed by atoms with Crippen molar-refractivity contribution in [2.45, 2.75) is 238 Å². The van der Waals surface area contributed by atoms with Crippen LogP contribution >= 0.6 is 0 Å². The average molecular weight is 743 g/mol. The summed E-state index contributed by atoms with van der Waals surface area (Å²) in [5.41, 5.74) is 0. The van der Waals surface area contributed by atoms with Gasteiger partial charge in [-0.25, -0.2) is 0 Å². The van der Waals surface area contributed by atoms with E-state index in [1.807, 2.05) is 0 Å². The summed E-state index contributed by atoms with van der Waals surface area (Å²) in [5, 5.41) is 9.61. The zero-order valence-electron chi connectivity index (χ0n) is 35.5. The summed E-state index contributed by atoms with van der Waals surface area (Å²) in [7, 11) is 0. The van der Waals surface area contributed by atoms with Crippen molar-refractivity contribution in [2.24, 2.45) is 0 Å². The fraction of sp³-hybridized carbons (Fsp3) is 0.816. The highest BCUT2D eigenvalue weighted by Gasteiger charge is 2.13. The third kappa shape index (κ3) is 44.6. The van der Waals surface area contributed by atoms with E-state index in [1.165, 1.54) is 167 Å². The Labute approximate surface area is 331 Å². The first-order chi connectivity index (χ1) is 26.2. The normalized spacial score (nSPS) is 12.7. The maximum absolute atomic E-state index is 12.2. The number of aliphatic hydroxyl groups excluding tert-OH is 1.